The Bertz CT molecular complexity index is 1390. The SMILES string of the molecule is CCCC[C@@H](Sc1nc2cc3c(cc2c(=O)n1CCCC(=O)NCc1ccc(OC)cc1)OCO3)C(=O)OCC. The van der Waals surface area contributed by atoms with Crippen LogP contribution in [0.3, 0.4) is 0 Å². The van der Waals surface area contributed by atoms with Crippen molar-refractivity contribution in [3.05, 3.63) is 52.3 Å². The standard InChI is InChI=1S/C29H35N3O7S/c1-4-6-8-25(28(35)37-5-2)40-29-31-22-16-24-23(38-18-39-24)15-21(22)27(34)32(29)14-7-9-26(33)30-17-19-10-12-20(36-3)13-11-19/h10-13,15-16,25H,4-9,14,17-18H2,1-3H3,(H,30,33)/t25-/m1/s1. The number of amides is 1. The van der Waals surface area contributed by atoms with Crippen LogP contribution in [0.1, 0.15) is 51.5 Å². The molecular weight excluding hydrogens is 534 g/mol. The lowest BCUT2D eigenvalue weighted by Gasteiger charge is -2.18. The lowest BCUT2D eigenvalue weighted by atomic mass is 10.2. The van der Waals surface area contributed by atoms with Gasteiger partial charge in [0.25, 0.3) is 5.56 Å². The summed E-state index contributed by atoms with van der Waals surface area (Å²) in [6.07, 6.45) is 3.00. The third-order valence-electron chi connectivity index (χ3n) is 6.46. The van der Waals surface area contributed by atoms with Gasteiger partial charge < -0.3 is 24.3 Å². The molecule has 40 heavy (non-hydrogen) atoms. The summed E-state index contributed by atoms with van der Waals surface area (Å²) in [5.74, 6) is 1.31. The van der Waals surface area contributed by atoms with Gasteiger partial charge in [-0.3, -0.25) is 19.0 Å². The number of benzene rings is 2. The van der Waals surface area contributed by atoms with E-state index in [1.165, 1.54) is 11.8 Å². The van der Waals surface area contributed by atoms with Crippen LogP contribution in [0.5, 0.6) is 17.2 Å². The van der Waals surface area contributed by atoms with Crippen LogP contribution in [0.2, 0.25) is 0 Å². The fourth-order valence-corrected chi connectivity index (χ4v) is 5.44. The number of hydrogen-bond donors (Lipinski definition) is 1. The van der Waals surface area contributed by atoms with Crippen molar-refractivity contribution in [1.82, 2.24) is 14.9 Å². The first kappa shape index (κ1) is 29.3. The molecule has 1 aliphatic heterocycles. The maximum atomic E-state index is 13.7. The van der Waals surface area contributed by atoms with Gasteiger partial charge in [-0.2, -0.15) is 0 Å². The second kappa shape index (κ2) is 14.1. The smallest absolute Gasteiger partial charge is 0.319 e. The van der Waals surface area contributed by atoms with E-state index in [2.05, 4.69) is 12.2 Å². The highest BCUT2D eigenvalue weighted by Crippen LogP contribution is 2.35. The quantitative estimate of drug-likeness (QED) is 0.171. The fraction of sp³-hybridized carbons (Fsp3) is 0.448. The van der Waals surface area contributed by atoms with Gasteiger partial charge >= 0.3 is 5.97 Å². The van der Waals surface area contributed by atoms with Crippen molar-refractivity contribution in [2.24, 2.45) is 0 Å². The molecule has 0 unspecified atom stereocenters. The zero-order chi connectivity index (χ0) is 28.5. The van der Waals surface area contributed by atoms with Crippen LogP contribution in [0.25, 0.3) is 10.9 Å². The molecule has 1 aliphatic rings. The normalized spacial score (nSPS) is 12.8. The third-order valence-corrected chi connectivity index (χ3v) is 7.70. The van der Waals surface area contributed by atoms with E-state index < -0.39 is 5.25 Å². The maximum absolute atomic E-state index is 13.7. The number of ether oxygens (including phenoxy) is 4. The molecule has 0 saturated heterocycles. The second-order valence-electron chi connectivity index (χ2n) is 9.30. The lowest BCUT2D eigenvalue weighted by Crippen LogP contribution is -2.28. The number of nitrogens with one attached hydrogen (secondary N) is 1. The van der Waals surface area contributed by atoms with Gasteiger partial charge in [-0.25, -0.2) is 4.98 Å². The molecule has 2 heterocycles. The molecule has 0 radical (unpaired) electrons. The Morgan fingerprint density at radius 2 is 1.88 bits per heavy atom. The maximum Gasteiger partial charge on any atom is 0.319 e. The lowest BCUT2D eigenvalue weighted by molar-refractivity contribution is -0.142. The Balaban J connectivity index is 1.52. The summed E-state index contributed by atoms with van der Waals surface area (Å²) >= 11 is 1.23. The van der Waals surface area contributed by atoms with E-state index in [9.17, 15) is 14.4 Å². The molecule has 1 N–H and O–H groups in total. The van der Waals surface area contributed by atoms with Crippen molar-refractivity contribution < 1.29 is 28.5 Å². The first-order chi connectivity index (χ1) is 19.4. The minimum atomic E-state index is -0.502. The predicted octanol–water partition coefficient (Wildman–Crippen LogP) is 4.44. The van der Waals surface area contributed by atoms with E-state index in [0.717, 1.165) is 24.2 Å². The topological polar surface area (TPSA) is 118 Å². The van der Waals surface area contributed by atoms with Crippen LogP contribution < -0.4 is 25.1 Å². The molecular formula is C29H35N3O7S. The van der Waals surface area contributed by atoms with Crippen LogP contribution in [0.15, 0.2) is 46.3 Å². The van der Waals surface area contributed by atoms with Gasteiger partial charge in [0.2, 0.25) is 12.7 Å². The van der Waals surface area contributed by atoms with Crippen LogP contribution in [-0.2, 0) is 27.4 Å². The van der Waals surface area contributed by atoms with Gasteiger partial charge in [-0.1, -0.05) is 43.7 Å². The average Bonchev–Trinajstić information content (AvgIpc) is 3.42. The van der Waals surface area contributed by atoms with E-state index in [-0.39, 0.29) is 43.8 Å². The number of carbonyl (C=O) groups excluding carboxylic acids is 2. The van der Waals surface area contributed by atoms with Gasteiger partial charge in [0.15, 0.2) is 16.7 Å². The van der Waals surface area contributed by atoms with Crippen molar-refractivity contribution in [3.63, 3.8) is 0 Å². The molecule has 214 valence electrons. The molecule has 11 heteroatoms. The molecule has 0 fully saturated rings. The number of methoxy groups -OCH3 is 1. The third kappa shape index (κ3) is 7.26. The Kier molecular flexibility index (Phi) is 10.3. The number of aromatic nitrogens is 2. The number of nitrogens with zero attached hydrogens (tertiary/aromatic N) is 2. The highest BCUT2D eigenvalue weighted by atomic mass is 32.2. The molecule has 1 aromatic heterocycles. The molecule has 0 aliphatic carbocycles. The fourth-order valence-electron chi connectivity index (χ4n) is 4.28. The van der Waals surface area contributed by atoms with Crippen molar-refractivity contribution in [1.29, 1.82) is 0 Å². The van der Waals surface area contributed by atoms with Gasteiger partial charge in [0.1, 0.15) is 11.0 Å². The van der Waals surface area contributed by atoms with E-state index in [1.54, 1.807) is 30.7 Å². The average molecular weight is 570 g/mol. The Hall–Kier alpha value is -3.73. The van der Waals surface area contributed by atoms with Crippen molar-refractivity contribution in [2.75, 3.05) is 20.5 Å². The summed E-state index contributed by atoms with van der Waals surface area (Å²) in [7, 11) is 1.61. The summed E-state index contributed by atoms with van der Waals surface area (Å²) in [4.78, 5) is 43.7. The summed E-state index contributed by atoms with van der Waals surface area (Å²) in [5, 5.41) is 3.21. The predicted molar refractivity (Wildman–Crippen MR) is 152 cm³/mol. The van der Waals surface area contributed by atoms with Crippen molar-refractivity contribution in [2.45, 2.75) is 69.4 Å². The molecule has 1 amide bonds. The van der Waals surface area contributed by atoms with Crippen LogP contribution >= 0.6 is 11.8 Å². The number of esters is 1. The number of unbranched alkanes of at least 4 members (excludes halogenated alkanes) is 1. The van der Waals surface area contributed by atoms with Crippen molar-refractivity contribution in [3.8, 4) is 17.2 Å². The van der Waals surface area contributed by atoms with Crippen LogP contribution in [-0.4, -0.2) is 47.2 Å². The summed E-state index contributed by atoms with van der Waals surface area (Å²) in [5.41, 5.74) is 1.16. The van der Waals surface area contributed by atoms with Gasteiger partial charge in [-0.05, 0) is 43.5 Å². The van der Waals surface area contributed by atoms with Crippen LogP contribution in [0, 0.1) is 0 Å². The first-order valence-electron chi connectivity index (χ1n) is 13.5. The zero-order valence-electron chi connectivity index (χ0n) is 23.1. The Labute approximate surface area is 237 Å². The second-order valence-corrected chi connectivity index (χ2v) is 10.5. The number of hydrogen-bond acceptors (Lipinski definition) is 9. The number of thioether (sulfide) groups is 1. The highest BCUT2D eigenvalue weighted by molar-refractivity contribution is 8.00. The monoisotopic (exact) mass is 569 g/mol. The van der Waals surface area contributed by atoms with Gasteiger partial charge in [-0.15, -0.1) is 0 Å². The van der Waals surface area contributed by atoms with E-state index in [1.807, 2.05) is 24.3 Å². The number of carbonyl (C=O) groups is 2. The molecule has 0 spiro atoms. The Morgan fingerprint density at radius 3 is 2.58 bits per heavy atom. The zero-order valence-corrected chi connectivity index (χ0v) is 23.9. The Morgan fingerprint density at radius 1 is 1.12 bits per heavy atom. The highest BCUT2D eigenvalue weighted by Gasteiger charge is 2.25. The molecule has 1 atom stereocenters. The van der Waals surface area contributed by atoms with E-state index in [4.69, 9.17) is 23.9 Å². The minimum Gasteiger partial charge on any atom is -0.497 e. The van der Waals surface area contributed by atoms with E-state index in [0.29, 0.717) is 46.9 Å². The molecule has 4 rings (SSSR count). The van der Waals surface area contributed by atoms with Crippen LogP contribution in [0.4, 0.5) is 0 Å². The van der Waals surface area contributed by atoms with Gasteiger partial charge in [0.05, 0.1) is 24.6 Å². The minimum absolute atomic E-state index is 0.0784. The number of fused-ring (bicyclic) bond motifs is 2. The molecule has 3 aromatic rings. The van der Waals surface area contributed by atoms with E-state index >= 15 is 0 Å². The first-order valence-corrected chi connectivity index (χ1v) is 14.4. The summed E-state index contributed by atoms with van der Waals surface area (Å²) in [6, 6.07) is 10.8. The van der Waals surface area contributed by atoms with Crippen molar-refractivity contribution >= 4 is 34.5 Å². The molecule has 2 aromatic carbocycles. The summed E-state index contributed by atoms with van der Waals surface area (Å²) < 4.78 is 23.0. The summed E-state index contributed by atoms with van der Waals surface area (Å²) in [6.45, 7) is 4.83. The van der Waals surface area contributed by atoms with Gasteiger partial charge in [0, 0.05) is 25.6 Å². The largest absolute Gasteiger partial charge is 0.497 e. The number of rotatable bonds is 14. The molecule has 10 nitrogen and oxygen atoms in total. The molecule has 0 saturated carbocycles. The molecule has 0 bridgehead atoms.